The number of esters is 1. The highest BCUT2D eigenvalue weighted by atomic mass is 19.4. The molecule has 0 saturated carbocycles. The molecule has 0 unspecified atom stereocenters. The summed E-state index contributed by atoms with van der Waals surface area (Å²) >= 11 is 0. The summed E-state index contributed by atoms with van der Waals surface area (Å²) in [6.45, 7) is 5.75. The van der Waals surface area contributed by atoms with Crippen molar-refractivity contribution < 1.29 is 51.7 Å². The number of carbonyl (C=O) groups excluding carboxylic acids is 3. The van der Waals surface area contributed by atoms with Crippen LogP contribution in [0.3, 0.4) is 0 Å². The van der Waals surface area contributed by atoms with Gasteiger partial charge in [-0.2, -0.15) is 13.2 Å². The van der Waals surface area contributed by atoms with Crippen molar-refractivity contribution >= 4 is 29.3 Å². The molecule has 2 aromatic rings. The zero-order valence-corrected chi connectivity index (χ0v) is 26.1. The summed E-state index contributed by atoms with van der Waals surface area (Å²) in [6.07, 6.45) is -2.05. The average Bonchev–Trinajstić information content (AvgIpc) is 3.01. The van der Waals surface area contributed by atoms with Crippen molar-refractivity contribution in [2.45, 2.75) is 77.6 Å². The van der Waals surface area contributed by atoms with Crippen LogP contribution in [0.2, 0.25) is 0 Å². The molecule has 1 heterocycles. The highest BCUT2D eigenvalue weighted by Crippen LogP contribution is 2.32. The predicted octanol–water partition coefficient (Wildman–Crippen LogP) is 5.52. The zero-order valence-electron chi connectivity index (χ0n) is 26.1. The number of likely N-dealkylation sites (tertiary alicyclic amines) is 1. The molecule has 1 amide bonds. The van der Waals surface area contributed by atoms with E-state index in [1.807, 2.05) is 37.3 Å². The Morgan fingerprint density at radius 1 is 1.02 bits per heavy atom. The summed E-state index contributed by atoms with van der Waals surface area (Å²) in [5, 5.41) is 7.12. The maximum absolute atomic E-state index is 13.5. The van der Waals surface area contributed by atoms with Crippen LogP contribution in [-0.2, 0) is 30.3 Å². The van der Waals surface area contributed by atoms with E-state index in [9.17, 15) is 27.6 Å². The van der Waals surface area contributed by atoms with E-state index in [1.54, 1.807) is 40.2 Å². The number of benzene rings is 2. The Morgan fingerprint density at radius 3 is 2.22 bits per heavy atom. The number of hydrogen-bond acceptors (Lipinski definition) is 8. The van der Waals surface area contributed by atoms with E-state index in [1.165, 1.54) is 4.90 Å². The number of amides is 1. The molecule has 0 aliphatic carbocycles. The Kier molecular flexibility index (Phi) is 13.2. The number of carboxylic acid groups (broad SMARTS) is 1. The highest BCUT2D eigenvalue weighted by molar-refractivity contribution is 6.38. The molecule has 2 aromatic carbocycles. The first-order valence-corrected chi connectivity index (χ1v) is 14.5. The van der Waals surface area contributed by atoms with Gasteiger partial charge in [-0.25, -0.2) is 9.59 Å². The number of alkyl halides is 3. The first-order chi connectivity index (χ1) is 21.0. The first-order valence-electron chi connectivity index (χ1n) is 14.5. The number of ether oxygens (including phenoxy) is 3. The smallest absolute Gasteiger partial charge is 0.490 e. The van der Waals surface area contributed by atoms with Gasteiger partial charge in [0.2, 0.25) is 5.78 Å². The molecule has 1 aliphatic rings. The lowest BCUT2D eigenvalue weighted by Gasteiger charge is -2.36. The second-order valence-electron chi connectivity index (χ2n) is 11.2. The molecule has 3 rings (SSSR count). The molecular formula is C32H41F3N2O8. The van der Waals surface area contributed by atoms with Crippen LogP contribution >= 0.6 is 0 Å². The molecule has 0 radical (unpaired) electrons. The number of hydrogen-bond donors (Lipinski definition) is 2. The number of aryl methyl sites for hydroxylation is 1. The summed E-state index contributed by atoms with van der Waals surface area (Å²) in [5.74, 6) is -3.08. The molecule has 248 valence electrons. The van der Waals surface area contributed by atoms with Crippen LogP contribution in [0.5, 0.6) is 11.5 Å². The molecule has 0 bridgehead atoms. The normalized spacial score (nSPS) is 15.6. The minimum atomic E-state index is -5.08. The van der Waals surface area contributed by atoms with Crippen LogP contribution in [0.4, 0.5) is 18.9 Å². The van der Waals surface area contributed by atoms with Crippen molar-refractivity contribution in [3.8, 4) is 11.5 Å². The number of aliphatic carboxylic acids is 1. The molecule has 2 atom stereocenters. The molecule has 1 aliphatic heterocycles. The highest BCUT2D eigenvalue weighted by Gasteiger charge is 2.41. The number of halogens is 3. The van der Waals surface area contributed by atoms with Gasteiger partial charge in [-0.3, -0.25) is 9.59 Å². The number of carboxylic acids is 1. The van der Waals surface area contributed by atoms with E-state index >= 15 is 0 Å². The predicted molar refractivity (Wildman–Crippen MR) is 160 cm³/mol. The Balaban J connectivity index is 0.000000900. The average molecular weight is 639 g/mol. The van der Waals surface area contributed by atoms with Crippen molar-refractivity contribution in [2.75, 3.05) is 26.5 Å². The third kappa shape index (κ3) is 10.4. The number of Topliss-reactive ketones (excluding diaryl/α,β-unsaturated/α-hetero) is 1. The lowest BCUT2D eigenvalue weighted by molar-refractivity contribution is -0.192. The maximum atomic E-state index is 13.5. The lowest BCUT2D eigenvalue weighted by atomic mass is 9.84. The van der Waals surface area contributed by atoms with Gasteiger partial charge in [0.15, 0.2) is 11.5 Å². The number of nitrogens with two attached hydrogens (primary N) is 1. The van der Waals surface area contributed by atoms with Crippen LogP contribution in [0.15, 0.2) is 42.5 Å². The van der Waals surface area contributed by atoms with Crippen molar-refractivity contribution in [3.05, 3.63) is 53.6 Å². The molecule has 45 heavy (non-hydrogen) atoms. The molecule has 3 N–H and O–H groups in total. The number of piperidine rings is 1. The van der Waals surface area contributed by atoms with Crippen molar-refractivity contribution in [2.24, 2.45) is 5.41 Å². The van der Waals surface area contributed by atoms with E-state index in [0.29, 0.717) is 49.4 Å². The first kappa shape index (κ1) is 36.9. The second-order valence-corrected chi connectivity index (χ2v) is 11.2. The van der Waals surface area contributed by atoms with Crippen molar-refractivity contribution in [1.82, 2.24) is 4.90 Å². The number of rotatable bonds is 11. The Hall–Kier alpha value is -4.29. The van der Waals surface area contributed by atoms with Gasteiger partial charge in [-0.1, -0.05) is 39.0 Å². The van der Waals surface area contributed by atoms with Gasteiger partial charge < -0.3 is 30.0 Å². The molecule has 0 aromatic heterocycles. The van der Waals surface area contributed by atoms with Crippen LogP contribution in [0, 0.1) is 5.41 Å². The standard InChI is InChI=1S/C30H40N2O6.C2HF3O2/c1-6-30(2,3)27(33)28(34)32-17-8-7-12-23(32)29(35)38-24(21-10-9-11-22(31)19-21)15-13-20-14-16-25(36-4)26(18-20)37-5;3-2(4,5)1(6)7/h9-11,14,16,18-19,23-24H,6-8,12-13,15,17,31H2,1-5H3;(H,6,7)/t23-,24+;/m0./s1. The quantitative estimate of drug-likeness (QED) is 0.185. The number of carbonyl (C=O) groups is 4. The van der Waals surface area contributed by atoms with Gasteiger partial charge in [0.05, 0.1) is 14.2 Å². The second kappa shape index (κ2) is 16.1. The van der Waals surface area contributed by atoms with Crippen molar-refractivity contribution in [1.29, 1.82) is 0 Å². The fraction of sp³-hybridized carbons (Fsp3) is 0.500. The van der Waals surface area contributed by atoms with Gasteiger partial charge in [0.25, 0.3) is 5.91 Å². The number of ketones is 1. The minimum Gasteiger partial charge on any atom is -0.493 e. The minimum absolute atomic E-state index is 0.360. The third-order valence-electron chi connectivity index (χ3n) is 7.66. The summed E-state index contributed by atoms with van der Waals surface area (Å²) in [4.78, 5) is 49.9. The van der Waals surface area contributed by atoms with Crippen LogP contribution in [0.1, 0.15) is 70.1 Å². The van der Waals surface area contributed by atoms with Crippen molar-refractivity contribution in [3.63, 3.8) is 0 Å². The molecule has 0 spiro atoms. The van der Waals surface area contributed by atoms with Gasteiger partial charge in [-0.15, -0.1) is 0 Å². The summed E-state index contributed by atoms with van der Waals surface area (Å²) in [5.41, 5.74) is 7.58. The Bertz CT molecular complexity index is 1350. The molecular weight excluding hydrogens is 597 g/mol. The lowest BCUT2D eigenvalue weighted by Crippen LogP contribution is -2.53. The Labute approximate surface area is 260 Å². The fourth-order valence-electron chi connectivity index (χ4n) is 4.61. The van der Waals surface area contributed by atoms with Gasteiger partial charge >= 0.3 is 18.1 Å². The van der Waals surface area contributed by atoms with Gasteiger partial charge in [0.1, 0.15) is 12.1 Å². The molecule has 13 heteroatoms. The fourth-order valence-corrected chi connectivity index (χ4v) is 4.61. The number of methoxy groups -OCH3 is 2. The maximum Gasteiger partial charge on any atom is 0.490 e. The summed E-state index contributed by atoms with van der Waals surface area (Å²) in [6, 6.07) is 12.2. The van der Waals surface area contributed by atoms with Crippen LogP contribution in [0.25, 0.3) is 0 Å². The van der Waals surface area contributed by atoms with E-state index in [0.717, 1.165) is 24.0 Å². The molecule has 1 fully saturated rings. The van der Waals surface area contributed by atoms with E-state index in [4.69, 9.17) is 29.8 Å². The number of anilines is 1. The summed E-state index contributed by atoms with van der Waals surface area (Å²) < 4.78 is 48.6. The number of nitrogen functional groups attached to an aromatic ring is 1. The molecule has 1 saturated heterocycles. The van der Waals surface area contributed by atoms with Crippen LogP contribution < -0.4 is 15.2 Å². The van der Waals surface area contributed by atoms with Crippen LogP contribution in [-0.4, -0.2) is 66.6 Å². The monoisotopic (exact) mass is 638 g/mol. The number of nitrogens with zero attached hydrogens (tertiary/aromatic N) is 1. The third-order valence-corrected chi connectivity index (χ3v) is 7.66. The van der Waals surface area contributed by atoms with E-state index in [2.05, 4.69) is 0 Å². The largest absolute Gasteiger partial charge is 0.493 e. The molecule has 10 nitrogen and oxygen atoms in total. The zero-order chi connectivity index (χ0) is 33.9. The SMILES string of the molecule is CCC(C)(C)C(=O)C(=O)N1CCCC[C@H]1C(=O)O[C@H](CCc1ccc(OC)c(OC)c1)c1cccc(N)c1.O=C(O)C(F)(F)F. The topological polar surface area (TPSA) is 145 Å². The van der Waals surface area contributed by atoms with Gasteiger partial charge in [-0.05, 0) is 73.9 Å². The Morgan fingerprint density at radius 2 is 1.67 bits per heavy atom. The van der Waals surface area contributed by atoms with Gasteiger partial charge in [0, 0.05) is 17.6 Å². The van der Waals surface area contributed by atoms with E-state index < -0.39 is 47.4 Å². The summed E-state index contributed by atoms with van der Waals surface area (Å²) in [7, 11) is 3.17. The van der Waals surface area contributed by atoms with E-state index in [-0.39, 0.29) is 0 Å².